The summed E-state index contributed by atoms with van der Waals surface area (Å²) in [7, 11) is 0. The van der Waals surface area contributed by atoms with Crippen molar-refractivity contribution >= 4 is 5.91 Å². The highest BCUT2D eigenvalue weighted by Gasteiger charge is 2.34. The number of carbonyl (C=O) groups excluding carboxylic acids is 1. The minimum atomic E-state index is -0.692. The van der Waals surface area contributed by atoms with E-state index >= 15 is 0 Å². The van der Waals surface area contributed by atoms with Crippen LogP contribution in [0.4, 0.5) is 0 Å². The topological polar surface area (TPSA) is 72.8 Å². The summed E-state index contributed by atoms with van der Waals surface area (Å²) in [6, 6.07) is -0.534. The first kappa shape index (κ1) is 18.4. The summed E-state index contributed by atoms with van der Waals surface area (Å²) >= 11 is 0. The summed E-state index contributed by atoms with van der Waals surface area (Å²) in [6.07, 6.45) is 7.45. The van der Waals surface area contributed by atoms with E-state index in [1.165, 1.54) is 45.4 Å². The van der Waals surface area contributed by atoms with Gasteiger partial charge in [-0.3, -0.25) is 9.69 Å². The second-order valence-corrected chi connectivity index (χ2v) is 6.24. The number of β-amino-alcohol motifs (C(OH)–C–C–N with tert-alkyl or cyclic N) is 2. The number of amides is 1. The van der Waals surface area contributed by atoms with Crippen molar-refractivity contribution in [3.8, 4) is 0 Å². The lowest BCUT2D eigenvalue weighted by atomic mass is 9.98. The standard InChI is InChI=1S/C16H32N2O3/c1-3-4-5-6-7-8-9-10-18-11-14(20)16(15(21)12-18)17-13(2)19/h14-16,20-21H,3-12H2,1-2H3,(H,17,19)/t14-,15-/m0/s1. The molecule has 0 aliphatic carbocycles. The van der Waals surface area contributed by atoms with Crippen LogP contribution in [0.1, 0.15) is 58.8 Å². The molecular formula is C16H32N2O3. The summed E-state index contributed by atoms with van der Waals surface area (Å²) in [4.78, 5) is 13.2. The fraction of sp³-hybridized carbons (Fsp3) is 0.938. The maximum absolute atomic E-state index is 11.1. The Balaban J connectivity index is 2.16. The number of likely N-dealkylation sites (tertiary alicyclic amines) is 1. The van der Waals surface area contributed by atoms with E-state index in [1.54, 1.807) is 0 Å². The molecule has 0 unspecified atom stereocenters. The molecule has 1 heterocycles. The third-order valence-corrected chi connectivity index (χ3v) is 4.17. The largest absolute Gasteiger partial charge is 0.390 e. The predicted octanol–water partition coefficient (Wildman–Crippen LogP) is 1.28. The van der Waals surface area contributed by atoms with Gasteiger partial charge in [-0.2, -0.15) is 0 Å². The number of carbonyl (C=O) groups is 1. The van der Waals surface area contributed by atoms with Crippen molar-refractivity contribution in [1.82, 2.24) is 10.2 Å². The molecule has 5 heteroatoms. The van der Waals surface area contributed by atoms with E-state index in [0.29, 0.717) is 13.1 Å². The monoisotopic (exact) mass is 300 g/mol. The van der Waals surface area contributed by atoms with Gasteiger partial charge in [0.2, 0.25) is 5.91 Å². The van der Waals surface area contributed by atoms with Crippen LogP contribution in [0.25, 0.3) is 0 Å². The SMILES string of the molecule is CCCCCCCCCN1C[C@H](O)C(NC(C)=O)[C@@H](O)C1. The maximum Gasteiger partial charge on any atom is 0.217 e. The molecule has 1 aliphatic heterocycles. The Labute approximate surface area is 128 Å². The number of hydrogen-bond acceptors (Lipinski definition) is 4. The van der Waals surface area contributed by atoms with Crippen LogP contribution in [0, 0.1) is 0 Å². The van der Waals surface area contributed by atoms with Crippen molar-refractivity contribution in [2.75, 3.05) is 19.6 Å². The first-order chi connectivity index (χ1) is 10.0. The van der Waals surface area contributed by atoms with Gasteiger partial charge in [0.15, 0.2) is 0 Å². The van der Waals surface area contributed by atoms with E-state index in [0.717, 1.165) is 13.0 Å². The Bertz CT molecular complexity index is 287. The number of nitrogens with zero attached hydrogens (tertiary/aromatic N) is 1. The fourth-order valence-corrected chi connectivity index (χ4v) is 2.99. The van der Waals surface area contributed by atoms with Gasteiger partial charge in [0.1, 0.15) is 0 Å². The number of aliphatic hydroxyl groups excluding tert-OH is 2. The maximum atomic E-state index is 11.1. The van der Waals surface area contributed by atoms with Gasteiger partial charge < -0.3 is 15.5 Å². The molecule has 0 radical (unpaired) electrons. The van der Waals surface area contributed by atoms with Crippen LogP contribution < -0.4 is 5.32 Å². The Morgan fingerprint density at radius 2 is 1.57 bits per heavy atom. The molecule has 0 bridgehead atoms. The molecule has 1 amide bonds. The average Bonchev–Trinajstić information content (AvgIpc) is 2.42. The molecule has 3 N–H and O–H groups in total. The fourth-order valence-electron chi connectivity index (χ4n) is 2.99. The Kier molecular flexibility index (Phi) is 8.88. The summed E-state index contributed by atoms with van der Waals surface area (Å²) in [5.41, 5.74) is 0. The number of unbranched alkanes of at least 4 members (excludes halogenated alkanes) is 6. The Hall–Kier alpha value is -0.650. The molecule has 1 aliphatic rings. The highest BCUT2D eigenvalue weighted by atomic mass is 16.3. The second-order valence-electron chi connectivity index (χ2n) is 6.24. The second kappa shape index (κ2) is 10.1. The minimum absolute atomic E-state index is 0.210. The van der Waals surface area contributed by atoms with Gasteiger partial charge >= 0.3 is 0 Å². The molecule has 124 valence electrons. The van der Waals surface area contributed by atoms with Crippen LogP contribution >= 0.6 is 0 Å². The van der Waals surface area contributed by atoms with Gasteiger partial charge in [-0.1, -0.05) is 45.4 Å². The van der Waals surface area contributed by atoms with Gasteiger partial charge in [-0.15, -0.1) is 0 Å². The highest BCUT2D eigenvalue weighted by molar-refractivity contribution is 5.73. The summed E-state index contributed by atoms with van der Waals surface area (Å²) in [5.74, 6) is -0.210. The van der Waals surface area contributed by atoms with Crippen LogP contribution in [0.15, 0.2) is 0 Å². The zero-order valence-electron chi connectivity index (χ0n) is 13.6. The molecule has 21 heavy (non-hydrogen) atoms. The van der Waals surface area contributed by atoms with E-state index in [-0.39, 0.29) is 5.91 Å². The summed E-state index contributed by atoms with van der Waals surface area (Å²) < 4.78 is 0. The molecule has 1 fully saturated rings. The summed E-state index contributed by atoms with van der Waals surface area (Å²) in [6.45, 7) is 5.59. The highest BCUT2D eigenvalue weighted by Crippen LogP contribution is 2.14. The molecule has 5 nitrogen and oxygen atoms in total. The zero-order valence-corrected chi connectivity index (χ0v) is 13.6. The van der Waals surface area contributed by atoms with Gasteiger partial charge in [0.05, 0.1) is 18.2 Å². The smallest absolute Gasteiger partial charge is 0.217 e. The quantitative estimate of drug-likeness (QED) is 0.561. The molecular weight excluding hydrogens is 268 g/mol. The number of rotatable bonds is 9. The first-order valence-electron chi connectivity index (χ1n) is 8.40. The third-order valence-electron chi connectivity index (χ3n) is 4.17. The van der Waals surface area contributed by atoms with Crippen LogP contribution in [-0.4, -0.2) is 58.9 Å². The van der Waals surface area contributed by atoms with E-state index in [9.17, 15) is 15.0 Å². The molecule has 0 spiro atoms. The van der Waals surface area contributed by atoms with E-state index in [2.05, 4.69) is 17.1 Å². The van der Waals surface area contributed by atoms with Crippen LogP contribution in [0.3, 0.4) is 0 Å². The predicted molar refractivity (Wildman–Crippen MR) is 84.1 cm³/mol. The number of nitrogens with one attached hydrogen (secondary N) is 1. The van der Waals surface area contributed by atoms with Gasteiger partial charge in [-0.05, 0) is 13.0 Å². The third kappa shape index (κ3) is 7.25. The van der Waals surface area contributed by atoms with Crippen molar-refractivity contribution in [3.63, 3.8) is 0 Å². The number of piperidine rings is 1. The van der Waals surface area contributed by atoms with E-state index in [1.807, 2.05) is 0 Å². The number of hydrogen-bond donors (Lipinski definition) is 3. The van der Waals surface area contributed by atoms with Gasteiger partial charge in [0.25, 0.3) is 0 Å². The van der Waals surface area contributed by atoms with Gasteiger partial charge in [0, 0.05) is 20.0 Å². The normalized spacial score (nSPS) is 24.2. The summed E-state index contributed by atoms with van der Waals surface area (Å²) in [5, 5.41) is 22.7. The van der Waals surface area contributed by atoms with Crippen molar-refractivity contribution in [1.29, 1.82) is 0 Å². The van der Waals surface area contributed by atoms with Gasteiger partial charge in [-0.25, -0.2) is 0 Å². The Morgan fingerprint density at radius 1 is 1.05 bits per heavy atom. The lowest BCUT2D eigenvalue weighted by Crippen LogP contribution is -2.61. The van der Waals surface area contributed by atoms with Crippen molar-refractivity contribution in [2.24, 2.45) is 0 Å². The Morgan fingerprint density at radius 3 is 2.10 bits per heavy atom. The molecule has 0 aromatic rings. The molecule has 1 saturated heterocycles. The van der Waals surface area contributed by atoms with Crippen molar-refractivity contribution < 1.29 is 15.0 Å². The lowest BCUT2D eigenvalue weighted by molar-refractivity contribution is -0.123. The molecule has 2 atom stereocenters. The van der Waals surface area contributed by atoms with Crippen LogP contribution in [0.2, 0.25) is 0 Å². The minimum Gasteiger partial charge on any atom is -0.390 e. The molecule has 0 saturated carbocycles. The van der Waals surface area contributed by atoms with Crippen molar-refractivity contribution in [2.45, 2.75) is 77.0 Å². The zero-order chi connectivity index (χ0) is 15.7. The van der Waals surface area contributed by atoms with E-state index in [4.69, 9.17) is 0 Å². The molecule has 1 rings (SSSR count). The van der Waals surface area contributed by atoms with E-state index < -0.39 is 18.2 Å². The lowest BCUT2D eigenvalue weighted by Gasteiger charge is -2.39. The first-order valence-corrected chi connectivity index (χ1v) is 8.40. The van der Waals surface area contributed by atoms with Crippen LogP contribution in [-0.2, 0) is 4.79 Å². The average molecular weight is 300 g/mol. The van der Waals surface area contributed by atoms with Crippen LogP contribution in [0.5, 0.6) is 0 Å². The molecule has 0 aromatic heterocycles. The van der Waals surface area contributed by atoms with Crippen molar-refractivity contribution in [3.05, 3.63) is 0 Å². The number of aliphatic hydroxyl groups is 2. The molecule has 0 aromatic carbocycles.